The first-order chi connectivity index (χ1) is 8.60. The van der Waals surface area contributed by atoms with Crippen LogP contribution in [0.4, 0.5) is 5.95 Å². The molecule has 0 aliphatic carbocycles. The van der Waals surface area contributed by atoms with Crippen LogP contribution < -0.4 is 10.1 Å². The summed E-state index contributed by atoms with van der Waals surface area (Å²) in [7, 11) is 1.57. The van der Waals surface area contributed by atoms with E-state index in [2.05, 4.69) is 36.4 Å². The molecule has 1 aromatic heterocycles. The molecular formula is C11H11BrN4O2. The first kappa shape index (κ1) is 12.6. The fraction of sp³-hybridized carbons (Fsp3) is 0.182. The summed E-state index contributed by atoms with van der Waals surface area (Å²) >= 11 is 3.32. The summed E-state index contributed by atoms with van der Waals surface area (Å²) in [6.07, 6.45) is 0. The molecule has 0 atom stereocenters. The van der Waals surface area contributed by atoms with Crippen molar-refractivity contribution >= 4 is 27.8 Å². The summed E-state index contributed by atoms with van der Waals surface area (Å²) < 4.78 is 5.80. The molecule has 0 radical (unpaired) electrons. The topological polar surface area (TPSA) is 79.9 Å². The van der Waals surface area contributed by atoms with Gasteiger partial charge in [-0.2, -0.15) is 4.98 Å². The third-order valence-corrected chi connectivity index (χ3v) is 2.86. The molecule has 1 aromatic carbocycles. The number of nitrogens with one attached hydrogen (secondary N) is 2. The molecule has 1 heterocycles. The van der Waals surface area contributed by atoms with Crippen molar-refractivity contribution in [3.8, 4) is 5.75 Å². The van der Waals surface area contributed by atoms with Gasteiger partial charge in [-0.1, -0.05) is 0 Å². The fourth-order valence-corrected chi connectivity index (χ4v) is 1.92. The molecule has 2 rings (SSSR count). The number of aromatic nitrogens is 3. The summed E-state index contributed by atoms with van der Waals surface area (Å²) in [6.45, 7) is 1.76. The molecule has 1 amide bonds. The molecule has 94 valence electrons. The van der Waals surface area contributed by atoms with Gasteiger partial charge in [0.15, 0.2) is 0 Å². The monoisotopic (exact) mass is 310 g/mol. The Morgan fingerprint density at radius 2 is 2.28 bits per heavy atom. The molecular weight excluding hydrogens is 300 g/mol. The predicted octanol–water partition coefficient (Wildman–Crippen LogP) is 2.14. The van der Waals surface area contributed by atoms with Crippen LogP contribution in [0.25, 0.3) is 0 Å². The first-order valence-electron chi connectivity index (χ1n) is 5.14. The van der Waals surface area contributed by atoms with Gasteiger partial charge in [0.1, 0.15) is 11.6 Å². The molecule has 0 saturated heterocycles. The molecule has 0 bridgehead atoms. The third kappa shape index (κ3) is 2.67. The lowest BCUT2D eigenvalue weighted by molar-refractivity contribution is 0.102. The number of benzene rings is 1. The maximum atomic E-state index is 11.9. The van der Waals surface area contributed by atoms with E-state index in [0.717, 1.165) is 0 Å². The average molecular weight is 311 g/mol. The quantitative estimate of drug-likeness (QED) is 0.910. The largest absolute Gasteiger partial charge is 0.496 e. The fourth-order valence-electron chi connectivity index (χ4n) is 1.38. The summed E-state index contributed by atoms with van der Waals surface area (Å²) in [4.78, 5) is 15.9. The van der Waals surface area contributed by atoms with E-state index in [1.54, 1.807) is 32.2 Å². The van der Waals surface area contributed by atoms with Gasteiger partial charge in [-0.05, 0) is 41.1 Å². The molecule has 6 nitrogen and oxygen atoms in total. The second-order valence-corrected chi connectivity index (χ2v) is 4.40. The van der Waals surface area contributed by atoms with Gasteiger partial charge in [0.05, 0.1) is 11.6 Å². The van der Waals surface area contributed by atoms with Gasteiger partial charge in [0.25, 0.3) is 5.91 Å². The number of anilines is 1. The zero-order chi connectivity index (χ0) is 13.1. The lowest BCUT2D eigenvalue weighted by Gasteiger charge is -2.05. The van der Waals surface area contributed by atoms with E-state index in [4.69, 9.17) is 4.74 Å². The van der Waals surface area contributed by atoms with Gasteiger partial charge in [-0.3, -0.25) is 15.2 Å². The maximum Gasteiger partial charge on any atom is 0.258 e. The van der Waals surface area contributed by atoms with Crippen LogP contribution in [0.15, 0.2) is 22.7 Å². The Hall–Kier alpha value is -1.89. The standard InChI is InChI=1S/C11H11BrN4O2/c1-6-13-11(16-15-6)14-10(17)7-3-4-9(18-2)8(12)5-7/h3-5H,1-2H3,(H2,13,14,15,16,17). The van der Waals surface area contributed by atoms with Crippen LogP contribution in [0.5, 0.6) is 5.75 Å². The number of carbonyl (C=O) groups excluding carboxylic acids is 1. The molecule has 0 aliphatic rings. The van der Waals surface area contributed by atoms with E-state index in [1.807, 2.05) is 0 Å². The Kier molecular flexibility index (Phi) is 3.61. The number of rotatable bonds is 3. The zero-order valence-corrected chi connectivity index (χ0v) is 11.4. The Morgan fingerprint density at radius 3 is 2.83 bits per heavy atom. The van der Waals surface area contributed by atoms with Crippen molar-refractivity contribution in [3.63, 3.8) is 0 Å². The lowest BCUT2D eigenvalue weighted by atomic mass is 10.2. The Morgan fingerprint density at radius 1 is 1.50 bits per heavy atom. The van der Waals surface area contributed by atoms with Crippen LogP contribution in [0.3, 0.4) is 0 Å². The molecule has 2 aromatic rings. The number of hydrogen-bond acceptors (Lipinski definition) is 4. The number of aryl methyl sites for hydroxylation is 1. The van der Waals surface area contributed by atoms with Crippen molar-refractivity contribution < 1.29 is 9.53 Å². The molecule has 0 saturated carbocycles. The van der Waals surface area contributed by atoms with Crippen LogP contribution in [0.1, 0.15) is 16.2 Å². The SMILES string of the molecule is COc1ccc(C(=O)Nc2n[nH]c(C)n2)cc1Br. The van der Waals surface area contributed by atoms with E-state index in [1.165, 1.54) is 0 Å². The van der Waals surface area contributed by atoms with Gasteiger partial charge in [-0.15, -0.1) is 5.10 Å². The van der Waals surface area contributed by atoms with E-state index >= 15 is 0 Å². The molecule has 0 aliphatic heterocycles. The van der Waals surface area contributed by atoms with Crippen LogP contribution in [0.2, 0.25) is 0 Å². The summed E-state index contributed by atoms with van der Waals surface area (Å²) in [6, 6.07) is 5.05. The maximum absolute atomic E-state index is 11.9. The molecule has 2 N–H and O–H groups in total. The van der Waals surface area contributed by atoms with Gasteiger partial charge < -0.3 is 4.74 Å². The van der Waals surface area contributed by atoms with Gasteiger partial charge in [0, 0.05) is 5.56 Å². The van der Waals surface area contributed by atoms with Crippen molar-refractivity contribution in [2.75, 3.05) is 12.4 Å². The number of ether oxygens (including phenoxy) is 1. The molecule has 18 heavy (non-hydrogen) atoms. The number of amides is 1. The number of hydrogen-bond donors (Lipinski definition) is 2. The van der Waals surface area contributed by atoms with Crippen molar-refractivity contribution in [1.29, 1.82) is 0 Å². The molecule has 0 unspecified atom stereocenters. The van der Waals surface area contributed by atoms with Gasteiger partial charge >= 0.3 is 0 Å². The highest BCUT2D eigenvalue weighted by atomic mass is 79.9. The smallest absolute Gasteiger partial charge is 0.258 e. The Balaban J connectivity index is 2.16. The highest BCUT2D eigenvalue weighted by Gasteiger charge is 2.11. The van der Waals surface area contributed by atoms with Crippen molar-refractivity contribution in [2.45, 2.75) is 6.92 Å². The van der Waals surface area contributed by atoms with E-state index in [0.29, 0.717) is 21.6 Å². The first-order valence-corrected chi connectivity index (χ1v) is 5.93. The number of aromatic amines is 1. The number of halogens is 1. The summed E-state index contributed by atoms with van der Waals surface area (Å²) in [5.74, 6) is 1.28. The molecule has 0 spiro atoms. The molecule has 7 heteroatoms. The van der Waals surface area contributed by atoms with Crippen LogP contribution in [-0.4, -0.2) is 28.2 Å². The average Bonchev–Trinajstić information content (AvgIpc) is 2.74. The minimum atomic E-state index is -0.280. The number of H-pyrrole nitrogens is 1. The van der Waals surface area contributed by atoms with Crippen LogP contribution in [0, 0.1) is 6.92 Å². The van der Waals surface area contributed by atoms with Gasteiger partial charge in [0.2, 0.25) is 5.95 Å². The normalized spacial score (nSPS) is 10.2. The van der Waals surface area contributed by atoms with E-state index in [9.17, 15) is 4.79 Å². The van der Waals surface area contributed by atoms with E-state index < -0.39 is 0 Å². The van der Waals surface area contributed by atoms with Crippen LogP contribution in [-0.2, 0) is 0 Å². The minimum Gasteiger partial charge on any atom is -0.496 e. The second-order valence-electron chi connectivity index (χ2n) is 3.55. The highest BCUT2D eigenvalue weighted by molar-refractivity contribution is 9.10. The third-order valence-electron chi connectivity index (χ3n) is 2.24. The van der Waals surface area contributed by atoms with Crippen molar-refractivity contribution in [3.05, 3.63) is 34.1 Å². The molecule has 0 fully saturated rings. The van der Waals surface area contributed by atoms with E-state index in [-0.39, 0.29) is 11.9 Å². The van der Waals surface area contributed by atoms with Crippen molar-refractivity contribution in [2.24, 2.45) is 0 Å². The summed E-state index contributed by atoms with van der Waals surface area (Å²) in [5, 5.41) is 9.07. The summed E-state index contributed by atoms with van der Waals surface area (Å²) in [5.41, 5.74) is 0.491. The van der Waals surface area contributed by atoms with Gasteiger partial charge in [-0.25, -0.2) is 0 Å². The second kappa shape index (κ2) is 5.18. The van der Waals surface area contributed by atoms with Crippen LogP contribution >= 0.6 is 15.9 Å². The zero-order valence-electron chi connectivity index (χ0n) is 9.82. The number of methoxy groups -OCH3 is 1. The Labute approximate surface area is 112 Å². The number of nitrogens with zero attached hydrogens (tertiary/aromatic N) is 2. The lowest BCUT2D eigenvalue weighted by Crippen LogP contribution is -2.13. The highest BCUT2D eigenvalue weighted by Crippen LogP contribution is 2.25. The Bertz CT molecular complexity index is 582. The predicted molar refractivity (Wildman–Crippen MR) is 69.8 cm³/mol. The van der Waals surface area contributed by atoms with Crippen molar-refractivity contribution in [1.82, 2.24) is 15.2 Å². The number of carbonyl (C=O) groups is 1. The minimum absolute atomic E-state index is 0.254.